The molecular weight excluding hydrogens is 519 g/mol. The Bertz CT molecular complexity index is 1340. The van der Waals surface area contributed by atoms with Crippen LogP contribution >= 0.6 is 11.3 Å². The molecule has 198 valence electrons. The fourth-order valence-electron chi connectivity index (χ4n) is 3.53. The molecule has 2 aromatic carbocycles. The zero-order valence-electron chi connectivity index (χ0n) is 20.1. The molecule has 0 aliphatic rings. The highest BCUT2D eigenvalue weighted by Crippen LogP contribution is 2.18. The van der Waals surface area contributed by atoms with E-state index in [1.807, 2.05) is 53.2 Å². The van der Waals surface area contributed by atoms with E-state index in [1.165, 1.54) is 28.9 Å². The lowest BCUT2D eigenvalue weighted by Gasteiger charge is -2.11. The topological polar surface area (TPSA) is 98.1 Å². The molecule has 0 unspecified atom stereocenters. The number of alkyl halides is 3. The van der Waals surface area contributed by atoms with Gasteiger partial charge in [-0.15, -0.1) is 16.4 Å². The molecule has 38 heavy (non-hydrogen) atoms. The van der Waals surface area contributed by atoms with Gasteiger partial charge in [0, 0.05) is 17.0 Å². The van der Waals surface area contributed by atoms with Gasteiger partial charge in [0.15, 0.2) is 5.69 Å². The number of carbonyl (C=O) groups is 2. The molecule has 2 aromatic heterocycles. The van der Waals surface area contributed by atoms with Crippen molar-refractivity contribution in [1.29, 1.82) is 0 Å². The number of benzene rings is 2. The summed E-state index contributed by atoms with van der Waals surface area (Å²) in [6.45, 7) is -0.698. The maximum Gasteiger partial charge on any atom is 0.405 e. The van der Waals surface area contributed by atoms with Crippen molar-refractivity contribution in [3.63, 3.8) is 0 Å². The first kappa shape index (κ1) is 27.0. The van der Waals surface area contributed by atoms with Gasteiger partial charge in [-0.2, -0.15) is 13.2 Å². The van der Waals surface area contributed by atoms with Crippen LogP contribution in [0.15, 0.2) is 72.1 Å². The van der Waals surface area contributed by atoms with Gasteiger partial charge in [-0.05, 0) is 47.7 Å². The standard InChI is InChI=1S/C26H24F3N5O3S/c27-26(28,29)17-31-24(35)19-8-10-20(11-9-19)34-22(16-37-15-18-5-2-1-3-6-18)23(32-33-34)25(36)30-13-12-21-7-4-14-38-21/h1-11,14H,12-13,15-17H2,(H,30,36)(H,31,35). The van der Waals surface area contributed by atoms with Gasteiger partial charge in [0.25, 0.3) is 11.8 Å². The van der Waals surface area contributed by atoms with Gasteiger partial charge < -0.3 is 15.4 Å². The Hall–Kier alpha value is -4.03. The van der Waals surface area contributed by atoms with Crippen LogP contribution in [0.5, 0.6) is 0 Å². The molecular formula is C26H24F3N5O3S. The molecule has 0 spiro atoms. The fraction of sp³-hybridized carbons (Fsp3) is 0.231. The van der Waals surface area contributed by atoms with E-state index in [1.54, 1.807) is 11.3 Å². The third kappa shape index (κ3) is 7.49. The van der Waals surface area contributed by atoms with Crippen molar-refractivity contribution in [2.75, 3.05) is 13.1 Å². The Balaban J connectivity index is 1.50. The van der Waals surface area contributed by atoms with Crippen molar-refractivity contribution in [2.45, 2.75) is 25.8 Å². The third-order valence-corrected chi connectivity index (χ3v) is 6.33. The summed E-state index contributed by atoms with van der Waals surface area (Å²) in [5.41, 5.74) is 1.94. The number of ether oxygens (including phenoxy) is 1. The minimum absolute atomic E-state index is 0.0173. The molecule has 0 aliphatic carbocycles. The van der Waals surface area contributed by atoms with Crippen molar-refractivity contribution in [3.8, 4) is 5.69 Å². The van der Waals surface area contributed by atoms with Gasteiger partial charge in [-0.3, -0.25) is 9.59 Å². The predicted molar refractivity (Wildman–Crippen MR) is 135 cm³/mol. The molecule has 0 atom stereocenters. The van der Waals surface area contributed by atoms with Crippen LogP contribution in [0, 0.1) is 0 Å². The minimum atomic E-state index is -4.51. The van der Waals surface area contributed by atoms with E-state index in [-0.39, 0.29) is 17.9 Å². The van der Waals surface area contributed by atoms with Crippen molar-refractivity contribution >= 4 is 23.2 Å². The second-order valence-electron chi connectivity index (χ2n) is 8.20. The van der Waals surface area contributed by atoms with Gasteiger partial charge in [0.05, 0.1) is 18.9 Å². The number of hydrogen-bond acceptors (Lipinski definition) is 6. The largest absolute Gasteiger partial charge is 0.405 e. The van der Waals surface area contributed by atoms with Crippen LogP contribution in [0.2, 0.25) is 0 Å². The number of halogens is 3. The highest BCUT2D eigenvalue weighted by atomic mass is 32.1. The van der Waals surface area contributed by atoms with E-state index in [4.69, 9.17) is 4.74 Å². The molecule has 4 aromatic rings. The zero-order valence-corrected chi connectivity index (χ0v) is 20.9. The summed E-state index contributed by atoms with van der Waals surface area (Å²) in [7, 11) is 0. The Morgan fingerprint density at radius 3 is 2.37 bits per heavy atom. The second kappa shape index (κ2) is 12.5. The van der Waals surface area contributed by atoms with Crippen molar-refractivity contribution < 1.29 is 27.5 Å². The van der Waals surface area contributed by atoms with Gasteiger partial charge in [0.1, 0.15) is 12.2 Å². The molecule has 4 rings (SSSR count). The molecule has 0 saturated heterocycles. The van der Waals surface area contributed by atoms with Gasteiger partial charge in [0.2, 0.25) is 0 Å². The van der Waals surface area contributed by atoms with Crippen LogP contribution in [0.3, 0.4) is 0 Å². The molecule has 2 N–H and O–H groups in total. The maximum atomic E-state index is 12.9. The van der Waals surface area contributed by atoms with E-state index in [2.05, 4.69) is 15.6 Å². The van der Waals surface area contributed by atoms with Crippen molar-refractivity contribution in [3.05, 3.63) is 99.5 Å². The number of carbonyl (C=O) groups excluding carboxylic acids is 2. The molecule has 0 radical (unpaired) electrons. The van der Waals surface area contributed by atoms with Crippen LogP contribution in [0.4, 0.5) is 13.2 Å². The van der Waals surface area contributed by atoms with Gasteiger partial charge >= 0.3 is 6.18 Å². The molecule has 2 heterocycles. The Morgan fingerprint density at radius 1 is 0.921 bits per heavy atom. The Kier molecular flexibility index (Phi) is 8.87. The first-order valence-electron chi connectivity index (χ1n) is 11.6. The summed E-state index contributed by atoms with van der Waals surface area (Å²) in [5, 5.41) is 14.8. The quantitative estimate of drug-likeness (QED) is 0.294. The smallest absolute Gasteiger partial charge is 0.370 e. The fourth-order valence-corrected chi connectivity index (χ4v) is 4.24. The minimum Gasteiger partial charge on any atom is -0.370 e. The van der Waals surface area contributed by atoms with Crippen LogP contribution in [-0.4, -0.2) is 46.1 Å². The number of nitrogens with zero attached hydrogens (tertiary/aromatic N) is 3. The summed E-state index contributed by atoms with van der Waals surface area (Å²) in [6, 6.07) is 19.2. The van der Waals surface area contributed by atoms with E-state index in [0.29, 0.717) is 31.0 Å². The number of hydrogen-bond donors (Lipinski definition) is 2. The number of nitrogens with one attached hydrogen (secondary N) is 2. The van der Waals surface area contributed by atoms with Gasteiger partial charge in [-0.1, -0.05) is 41.6 Å². The molecule has 0 bridgehead atoms. The number of thiophene rings is 1. The molecule has 0 aliphatic heterocycles. The third-order valence-electron chi connectivity index (χ3n) is 5.39. The number of amides is 2. The highest BCUT2D eigenvalue weighted by molar-refractivity contribution is 7.09. The second-order valence-corrected chi connectivity index (χ2v) is 9.24. The Morgan fingerprint density at radius 2 is 1.68 bits per heavy atom. The lowest BCUT2D eigenvalue weighted by atomic mass is 10.2. The van der Waals surface area contributed by atoms with Crippen molar-refractivity contribution in [1.82, 2.24) is 25.6 Å². The Labute approximate surface area is 220 Å². The lowest BCUT2D eigenvalue weighted by molar-refractivity contribution is -0.123. The average molecular weight is 544 g/mol. The normalized spacial score (nSPS) is 11.3. The highest BCUT2D eigenvalue weighted by Gasteiger charge is 2.28. The first-order chi connectivity index (χ1) is 18.3. The molecule has 0 fully saturated rings. The first-order valence-corrected chi connectivity index (χ1v) is 12.5. The van der Waals surface area contributed by atoms with E-state index < -0.39 is 24.5 Å². The molecule has 0 saturated carbocycles. The predicted octanol–water partition coefficient (Wildman–Crippen LogP) is 4.31. The van der Waals surface area contributed by atoms with E-state index in [0.717, 1.165) is 10.4 Å². The monoisotopic (exact) mass is 543 g/mol. The molecule has 2 amide bonds. The van der Waals surface area contributed by atoms with E-state index in [9.17, 15) is 22.8 Å². The molecule has 12 heteroatoms. The summed E-state index contributed by atoms with van der Waals surface area (Å²) in [4.78, 5) is 26.1. The summed E-state index contributed by atoms with van der Waals surface area (Å²) < 4.78 is 44.5. The molecule has 8 nitrogen and oxygen atoms in total. The van der Waals surface area contributed by atoms with Crippen LogP contribution in [0.25, 0.3) is 5.69 Å². The number of aromatic nitrogens is 3. The van der Waals surface area contributed by atoms with Crippen molar-refractivity contribution in [2.24, 2.45) is 0 Å². The zero-order chi connectivity index (χ0) is 27.0. The van der Waals surface area contributed by atoms with E-state index >= 15 is 0 Å². The summed E-state index contributed by atoms with van der Waals surface area (Å²) in [6.07, 6.45) is -3.83. The SMILES string of the molecule is O=C(NCC(F)(F)F)c1ccc(-n2nnc(C(=O)NCCc3cccs3)c2COCc2ccccc2)cc1. The maximum absolute atomic E-state index is 12.9. The average Bonchev–Trinajstić information content (AvgIpc) is 3.58. The van der Waals surface area contributed by atoms with Crippen LogP contribution in [0.1, 0.15) is 37.0 Å². The summed E-state index contributed by atoms with van der Waals surface area (Å²) >= 11 is 1.60. The number of rotatable bonds is 11. The lowest BCUT2D eigenvalue weighted by Crippen LogP contribution is -2.33. The van der Waals surface area contributed by atoms with Crippen LogP contribution < -0.4 is 10.6 Å². The summed E-state index contributed by atoms with van der Waals surface area (Å²) in [5.74, 6) is -1.26. The van der Waals surface area contributed by atoms with Gasteiger partial charge in [-0.25, -0.2) is 4.68 Å². The van der Waals surface area contributed by atoms with Crippen LogP contribution in [-0.2, 0) is 24.4 Å².